The van der Waals surface area contributed by atoms with E-state index in [1.165, 1.54) is 37.2 Å². The van der Waals surface area contributed by atoms with Gasteiger partial charge in [-0.05, 0) is 61.8 Å². The Bertz CT molecular complexity index is 823. The van der Waals surface area contributed by atoms with Gasteiger partial charge in [0.1, 0.15) is 0 Å². The quantitative estimate of drug-likeness (QED) is 0.728. The minimum absolute atomic E-state index is 0.350. The van der Waals surface area contributed by atoms with Crippen molar-refractivity contribution in [2.45, 2.75) is 39.5 Å². The number of carboxylic acids is 1. The fraction of sp³-hybridized carbons (Fsp3) is 0.609. The average molecular weight is 446 g/mol. The maximum atomic E-state index is 11.0. The molecule has 170 valence electrons. The van der Waals surface area contributed by atoms with Crippen molar-refractivity contribution in [3.63, 3.8) is 0 Å². The second-order valence-electron chi connectivity index (χ2n) is 8.27. The largest absolute Gasteiger partial charge is 0.478 e. The van der Waals surface area contributed by atoms with Gasteiger partial charge in [0.05, 0.1) is 5.56 Å². The number of carbonyl (C=O) groups is 1. The standard InChI is InChI=1S/C21H29N5O2S.C2H6/c1-24(2)20-22-21(29-23-20)26-13-9-16(10-14-26)15-7-11-25(12-8-15)18-5-3-17(4-6-18)19(27)28;1-2/h3-6,15-16H,7-14H2,1-2H3,(H,27,28);1-2H3. The molecule has 0 aliphatic carbocycles. The number of aromatic carboxylic acids is 1. The second kappa shape index (κ2) is 10.8. The van der Waals surface area contributed by atoms with Crippen LogP contribution in [0.15, 0.2) is 24.3 Å². The van der Waals surface area contributed by atoms with E-state index in [4.69, 9.17) is 5.11 Å². The lowest BCUT2D eigenvalue weighted by Gasteiger charge is -2.40. The van der Waals surface area contributed by atoms with Crippen molar-refractivity contribution in [2.24, 2.45) is 11.8 Å². The van der Waals surface area contributed by atoms with E-state index in [0.717, 1.165) is 54.8 Å². The summed E-state index contributed by atoms with van der Waals surface area (Å²) in [4.78, 5) is 22.4. The van der Waals surface area contributed by atoms with Gasteiger partial charge < -0.3 is 19.8 Å². The van der Waals surface area contributed by atoms with Gasteiger partial charge >= 0.3 is 5.97 Å². The summed E-state index contributed by atoms with van der Waals surface area (Å²) in [5.41, 5.74) is 1.49. The average Bonchev–Trinajstić information content (AvgIpc) is 3.32. The second-order valence-corrected chi connectivity index (χ2v) is 9.00. The van der Waals surface area contributed by atoms with E-state index >= 15 is 0 Å². The molecule has 2 aliphatic heterocycles. The first-order valence-electron chi connectivity index (χ1n) is 11.4. The third kappa shape index (κ3) is 5.67. The number of rotatable bonds is 5. The highest BCUT2D eigenvalue weighted by molar-refractivity contribution is 7.09. The highest BCUT2D eigenvalue weighted by atomic mass is 32.1. The van der Waals surface area contributed by atoms with Crippen LogP contribution in [0.1, 0.15) is 49.9 Å². The van der Waals surface area contributed by atoms with Crippen LogP contribution in [-0.2, 0) is 0 Å². The van der Waals surface area contributed by atoms with Crippen LogP contribution >= 0.6 is 11.5 Å². The number of aromatic nitrogens is 2. The Labute approximate surface area is 189 Å². The van der Waals surface area contributed by atoms with Crippen LogP contribution in [0.5, 0.6) is 0 Å². The maximum Gasteiger partial charge on any atom is 0.335 e. The van der Waals surface area contributed by atoms with Crippen LogP contribution in [0.4, 0.5) is 16.8 Å². The number of carboxylic acid groups (broad SMARTS) is 1. The van der Waals surface area contributed by atoms with Gasteiger partial charge in [-0.25, -0.2) is 4.79 Å². The molecule has 3 heterocycles. The van der Waals surface area contributed by atoms with Gasteiger partial charge in [-0.15, -0.1) is 0 Å². The zero-order chi connectivity index (χ0) is 22.4. The molecule has 2 saturated heterocycles. The van der Waals surface area contributed by atoms with E-state index in [2.05, 4.69) is 19.2 Å². The van der Waals surface area contributed by atoms with Crippen molar-refractivity contribution >= 4 is 34.3 Å². The Kier molecular flexibility index (Phi) is 8.12. The zero-order valence-electron chi connectivity index (χ0n) is 19.1. The Hall–Kier alpha value is -2.35. The number of hydrogen-bond acceptors (Lipinski definition) is 7. The molecule has 1 aromatic carbocycles. The number of hydrogen-bond donors (Lipinski definition) is 1. The highest BCUT2D eigenvalue weighted by Gasteiger charge is 2.30. The van der Waals surface area contributed by atoms with Crippen molar-refractivity contribution in [3.05, 3.63) is 29.8 Å². The molecule has 0 unspecified atom stereocenters. The third-order valence-corrected chi connectivity index (χ3v) is 7.07. The van der Waals surface area contributed by atoms with E-state index < -0.39 is 5.97 Å². The molecule has 2 aromatic rings. The molecule has 8 heteroatoms. The Morgan fingerprint density at radius 2 is 1.48 bits per heavy atom. The molecule has 1 aromatic heterocycles. The van der Waals surface area contributed by atoms with Gasteiger partial charge in [-0.2, -0.15) is 9.36 Å². The Morgan fingerprint density at radius 1 is 0.968 bits per heavy atom. The summed E-state index contributed by atoms with van der Waals surface area (Å²) in [6, 6.07) is 7.28. The lowest BCUT2D eigenvalue weighted by molar-refractivity contribution is 0.0697. The molecule has 2 fully saturated rings. The lowest BCUT2D eigenvalue weighted by Crippen LogP contribution is -2.41. The molecule has 1 N–H and O–H groups in total. The summed E-state index contributed by atoms with van der Waals surface area (Å²) in [6.07, 6.45) is 4.90. The summed E-state index contributed by atoms with van der Waals surface area (Å²) < 4.78 is 4.43. The summed E-state index contributed by atoms with van der Waals surface area (Å²) >= 11 is 1.50. The molecular formula is C23H35N5O2S. The first-order valence-corrected chi connectivity index (χ1v) is 12.1. The van der Waals surface area contributed by atoms with Crippen molar-refractivity contribution in [1.82, 2.24) is 9.36 Å². The minimum Gasteiger partial charge on any atom is -0.478 e. The normalized spacial score (nSPS) is 17.8. The molecule has 0 amide bonds. The monoisotopic (exact) mass is 445 g/mol. The molecular weight excluding hydrogens is 410 g/mol. The fourth-order valence-electron chi connectivity index (χ4n) is 4.52. The molecule has 0 saturated carbocycles. The van der Waals surface area contributed by atoms with Crippen LogP contribution in [0, 0.1) is 11.8 Å². The summed E-state index contributed by atoms with van der Waals surface area (Å²) in [7, 11) is 3.95. The van der Waals surface area contributed by atoms with Gasteiger partial charge in [0.15, 0.2) is 0 Å². The van der Waals surface area contributed by atoms with Gasteiger partial charge in [-0.3, -0.25) is 0 Å². The topological polar surface area (TPSA) is 72.8 Å². The van der Waals surface area contributed by atoms with Gasteiger partial charge in [0.25, 0.3) is 0 Å². The SMILES string of the molecule is CC.CN(C)c1nsc(N2CCC(C3CCN(c4ccc(C(=O)O)cc4)CC3)CC2)n1. The highest BCUT2D eigenvalue weighted by Crippen LogP contribution is 2.35. The zero-order valence-corrected chi connectivity index (χ0v) is 19.9. The predicted octanol–water partition coefficient (Wildman–Crippen LogP) is 4.46. The van der Waals surface area contributed by atoms with Crippen LogP contribution in [0.25, 0.3) is 0 Å². The number of piperidine rings is 2. The van der Waals surface area contributed by atoms with E-state index in [9.17, 15) is 4.79 Å². The fourth-order valence-corrected chi connectivity index (χ4v) is 5.31. The predicted molar refractivity (Wildman–Crippen MR) is 129 cm³/mol. The molecule has 0 bridgehead atoms. The van der Waals surface area contributed by atoms with Crippen molar-refractivity contribution < 1.29 is 9.90 Å². The number of anilines is 3. The molecule has 31 heavy (non-hydrogen) atoms. The molecule has 2 aliphatic rings. The van der Waals surface area contributed by atoms with E-state index in [0.29, 0.717) is 5.56 Å². The van der Waals surface area contributed by atoms with Crippen LogP contribution in [0.3, 0.4) is 0 Å². The number of benzene rings is 1. The van der Waals surface area contributed by atoms with Gasteiger partial charge in [0, 0.05) is 57.5 Å². The van der Waals surface area contributed by atoms with E-state index in [-0.39, 0.29) is 0 Å². The maximum absolute atomic E-state index is 11.0. The molecule has 0 spiro atoms. The van der Waals surface area contributed by atoms with Gasteiger partial charge in [-0.1, -0.05) is 13.8 Å². The summed E-state index contributed by atoms with van der Waals surface area (Å²) in [6.45, 7) is 8.26. The Morgan fingerprint density at radius 3 is 1.94 bits per heavy atom. The van der Waals surface area contributed by atoms with E-state index in [1.54, 1.807) is 12.1 Å². The first-order chi connectivity index (χ1) is 15.0. The molecule has 0 atom stereocenters. The van der Waals surface area contributed by atoms with Crippen LogP contribution < -0.4 is 14.7 Å². The van der Waals surface area contributed by atoms with E-state index in [1.807, 2.05) is 45.0 Å². The third-order valence-electron chi connectivity index (χ3n) is 6.30. The van der Waals surface area contributed by atoms with Gasteiger partial charge in [0.2, 0.25) is 11.1 Å². The van der Waals surface area contributed by atoms with Crippen molar-refractivity contribution in [2.75, 3.05) is 55.0 Å². The van der Waals surface area contributed by atoms with Crippen LogP contribution in [-0.4, -0.2) is 60.7 Å². The smallest absolute Gasteiger partial charge is 0.335 e. The first kappa shape index (κ1) is 23.3. The number of nitrogens with zero attached hydrogens (tertiary/aromatic N) is 5. The van der Waals surface area contributed by atoms with Crippen molar-refractivity contribution in [1.29, 1.82) is 0 Å². The lowest BCUT2D eigenvalue weighted by atomic mass is 9.79. The molecule has 7 nitrogen and oxygen atoms in total. The molecule has 0 radical (unpaired) electrons. The molecule has 4 rings (SSSR count). The van der Waals surface area contributed by atoms with Crippen molar-refractivity contribution in [3.8, 4) is 0 Å². The van der Waals surface area contributed by atoms with Crippen LogP contribution in [0.2, 0.25) is 0 Å². The Balaban J connectivity index is 0.00000132. The minimum atomic E-state index is -0.868. The summed E-state index contributed by atoms with van der Waals surface area (Å²) in [5.74, 6) is 1.52. The summed E-state index contributed by atoms with van der Waals surface area (Å²) in [5, 5.41) is 10.1.